The second-order valence-corrected chi connectivity index (χ2v) is 18.1. The largest absolute Gasteiger partial charge is 0.462 e. The molecule has 0 fully saturated rings. The lowest BCUT2D eigenvalue weighted by atomic mass is 10.1. The summed E-state index contributed by atoms with van der Waals surface area (Å²) in [5.41, 5.74) is 0. The van der Waals surface area contributed by atoms with Gasteiger partial charge in [0, 0.05) is 19.3 Å². The number of unbranched alkanes of at least 4 members (excludes halogenated alkanes) is 18. The molecular formula is C63H102O6. The van der Waals surface area contributed by atoms with E-state index in [1.807, 2.05) is 0 Å². The van der Waals surface area contributed by atoms with E-state index in [1.54, 1.807) is 0 Å². The molecule has 0 radical (unpaired) electrons. The highest BCUT2D eigenvalue weighted by Crippen LogP contribution is 2.13. The number of ether oxygens (including phenoxy) is 3. The Morgan fingerprint density at radius 2 is 0.565 bits per heavy atom. The molecule has 0 saturated heterocycles. The van der Waals surface area contributed by atoms with Gasteiger partial charge in [-0.25, -0.2) is 0 Å². The highest BCUT2D eigenvalue weighted by molar-refractivity contribution is 5.71. The number of esters is 3. The molecule has 0 aromatic heterocycles. The Hall–Kier alpha value is -4.19. The summed E-state index contributed by atoms with van der Waals surface area (Å²) in [7, 11) is 0. The van der Waals surface area contributed by atoms with E-state index in [1.165, 1.54) is 51.4 Å². The molecule has 0 saturated carbocycles. The van der Waals surface area contributed by atoms with Crippen LogP contribution >= 0.6 is 0 Å². The van der Waals surface area contributed by atoms with E-state index in [2.05, 4.69) is 142 Å². The molecule has 6 nitrogen and oxygen atoms in total. The number of hydrogen-bond acceptors (Lipinski definition) is 6. The maximum atomic E-state index is 12.9. The number of carbonyl (C=O) groups is 3. The standard InChI is InChI=1S/C63H102O6/c1-4-7-10-13-16-19-22-25-28-30-31-33-35-38-41-44-47-50-53-56-62(65)68-59-60(58-67-61(64)55-52-49-46-43-40-37-34-27-24-21-18-15-12-9-6-3)69-63(66)57-54-51-48-45-42-39-36-32-29-26-23-20-17-14-11-8-5-2/h7,9-10,12,16-21,25-29,31,33-34,38,41,60H,4-6,8,11,13-15,22-24,30,32,35-37,39-40,42-59H2,1-3H3/b10-7-,12-9-,19-16-,20-17-,21-18-,28-25-,29-26-,33-31-,34-27-,41-38-/t60-/m0/s1. The molecule has 0 aromatic carbocycles. The first kappa shape index (κ1) is 64.8. The number of carbonyl (C=O) groups excluding carboxylic acids is 3. The van der Waals surface area contributed by atoms with E-state index in [0.29, 0.717) is 19.3 Å². The van der Waals surface area contributed by atoms with Gasteiger partial charge in [-0.15, -0.1) is 0 Å². The lowest BCUT2D eigenvalue weighted by molar-refractivity contribution is -0.167. The molecule has 0 unspecified atom stereocenters. The number of allylic oxidation sites excluding steroid dienone is 20. The first-order valence-corrected chi connectivity index (χ1v) is 28.0. The lowest BCUT2D eigenvalue weighted by Crippen LogP contribution is -2.30. The van der Waals surface area contributed by atoms with Crippen LogP contribution in [0.1, 0.15) is 239 Å². The van der Waals surface area contributed by atoms with E-state index in [9.17, 15) is 14.4 Å². The molecule has 0 N–H and O–H groups in total. The van der Waals surface area contributed by atoms with Gasteiger partial charge >= 0.3 is 17.9 Å². The van der Waals surface area contributed by atoms with E-state index < -0.39 is 6.10 Å². The van der Waals surface area contributed by atoms with Crippen LogP contribution in [0.3, 0.4) is 0 Å². The summed E-state index contributed by atoms with van der Waals surface area (Å²) >= 11 is 0. The summed E-state index contributed by atoms with van der Waals surface area (Å²) in [4.78, 5) is 38.1. The van der Waals surface area contributed by atoms with E-state index in [4.69, 9.17) is 14.2 Å². The Balaban J connectivity index is 4.51. The summed E-state index contributed by atoms with van der Waals surface area (Å²) in [6, 6.07) is 0. The minimum absolute atomic E-state index is 0.104. The molecule has 0 aromatic rings. The summed E-state index contributed by atoms with van der Waals surface area (Å²) in [5, 5.41) is 0. The summed E-state index contributed by atoms with van der Waals surface area (Å²) < 4.78 is 16.8. The summed E-state index contributed by atoms with van der Waals surface area (Å²) in [6.07, 6.45) is 77.5. The lowest BCUT2D eigenvalue weighted by Gasteiger charge is -2.18. The van der Waals surface area contributed by atoms with Crippen LogP contribution in [0.5, 0.6) is 0 Å². The van der Waals surface area contributed by atoms with Crippen LogP contribution in [0, 0.1) is 0 Å². The second-order valence-electron chi connectivity index (χ2n) is 18.1. The van der Waals surface area contributed by atoms with Crippen molar-refractivity contribution >= 4 is 17.9 Å². The first-order chi connectivity index (χ1) is 34.0. The average molecular weight is 956 g/mol. The van der Waals surface area contributed by atoms with Gasteiger partial charge in [-0.3, -0.25) is 14.4 Å². The highest BCUT2D eigenvalue weighted by atomic mass is 16.6. The molecule has 6 heteroatoms. The van der Waals surface area contributed by atoms with Gasteiger partial charge in [0.05, 0.1) is 0 Å². The van der Waals surface area contributed by atoms with Crippen molar-refractivity contribution in [3.8, 4) is 0 Å². The Kier molecular flexibility index (Phi) is 53.0. The zero-order valence-electron chi connectivity index (χ0n) is 44.5. The smallest absolute Gasteiger partial charge is 0.306 e. The van der Waals surface area contributed by atoms with Crippen LogP contribution in [0.15, 0.2) is 122 Å². The van der Waals surface area contributed by atoms with E-state index >= 15 is 0 Å². The van der Waals surface area contributed by atoms with Crippen LogP contribution in [-0.4, -0.2) is 37.2 Å². The molecule has 0 bridgehead atoms. The van der Waals surface area contributed by atoms with Crippen molar-refractivity contribution in [2.75, 3.05) is 13.2 Å². The predicted molar refractivity (Wildman–Crippen MR) is 297 cm³/mol. The second kappa shape index (κ2) is 56.4. The summed E-state index contributed by atoms with van der Waals surface area (Å²) in [6.45, 7) is 6.33. The van der Waals surface area contributed by atoms with Crippen LogP contribution in [0.4, 0.5) is 0 Å². The fourth-order valence-corrected chi connectivity index (χ4v) is 7.28. The van der Waals surface area contributed by atoms with E-state index in [0.717, 1.165) is 148 Å². The topological polar surface area (TPSA) is 78.9 Å². The van der Waals surface area contributed by atoms with Gasteiger partial charge in [-0.2, -0.15) is 0 Å². The van der Waals surface area contributed by atoms with Crippen molar-refractivity contribution < 1.29 is 28.6 Å². The van der Waals surface area contributed by atoms with Gasteiger partial charge in [0.1, 0.15) is 13.2 Å². The molecule has 0 aliphatic heterocycles. The fraction of sp³-hybridized carbons (Fsp3) is 0.635. The highest BCUT2D eigenvalue weighted by Gasteiger charge is 2.19. The van der Waals surface area contributed by atoms with Gasteiger partial charge in [0.15, 0.2) is 6.10 Å². The van der Waals surface area contributed by atoms with E-state index in [-0.39, 0.29) is 31.1 Å². The zero-order valence-corrected chi connectivity index (χ0v) is 44.5. The van der Waals surface area contributed by atoms with Crippen LogP contribution in [0.2, 0.25) is 0 Å². The van der Waals surface area contributed by atoms with Crippen molar-refractivity contribution in [2.45, 2.75) is 245 Å². The average Bonchev–Trinajstić information content (AvgIpc) is 3.35. The Bertz CT molecular complexity index is 1470. The Morgan fingerprint density at radius 1 is 0.304 bits per heavy atom. The van der Waals surface area contributed by atoms with Crippen molar-refractivity contribution in [2.24, 2.45) is 0 Å². The van der Waals surface area contributed by atoms with Crippen molar-refractivity contribution in [3.63, 3.8) is 0 Å². The molecule has 0 spiro atoms. The Morgan fingerprint density at radius 3 is 0.899 bits per heavy atom. The number of hydrogen-bond donors (Lipinski definition) is 0. The molecule has 69 heavy (non-hydrogen) atoms. The van der Waals surface area contributed by atoms with Gasteiger partial charge in [0.25, 0.3) is 0 Å². The van der Waals surface area contributed by atoms with Crippen molar-refractivity contribution in [1.82, 2.24) is 0 Å². The molecular weight excluding hydrogens is 853 g/mol. The molecule has 0 aliphatic rings. The molecule has 0 aliphatic carbocycles. The molecule has 0 heterocycles. The number of rotatable bonds is 49. The normalized spacial score (nSPS) is 13.0. The van der Waals surface area contributed by atoms with Crippen LogP contribution < -0.4 is 0 Å². The molecule has 0 amide bonds. The maximum absolute atomic E-state index is 12.9. The SMILES string of the molecule is CC/C=C\C/C=C\C/C=C\C/C=C\C/C=C\CCCCCC(=O)OC[C@H](COC(=O)CCCCCCC/C=C\C/C=C\C/C=C\CC)OC(=O)CCCCCCCCC/C=C\C/C=C\CCCCC. The van der Waals surface area contributed by atoms with Crippen LogP contribution in [-0.2, 0) is 28.6 Å². The van der Waals surface area contributed by atoms with Crippen molar-refractivity contribution in [1.29, 1.82) is 0 Å². The van der Waals surface area contributed by atoms with Crippen molar-refractivity contribution in [3.05, 3.63) is 122 Å². The summed E-state index contributed by atoms with van der Waals surface area (Å²) in [5.74, 6) is -0.963. The van der Waals surface area contributed by atoms with Gasteiger partial charge < -0.3 is 14.2 Å². The van der Waals surface area contributed by atoms with Gasteiger partial charge in [-0.1, -0.05) is 213 Å². The minimum atomic E-state index is -0.807. The molecule has 390 valence electrons. The predicted octanol–water partition coefficient (Wildman–Crippen LogP) is 18.9. The quantitative estimate of drug-likeness (QED) is 0.0262. The maximum Gasteiger partial charge on any atom is 0.306 e. The molecule has 0 rings (SSSR count). The molecule has 1 atom stereocenters. The third kappa shape index (κ3) is 54.6. The third-order valence-corrected chi connectivity index (χ3v) is 11.4. The third-order valence-electron chi connectivity index (χ3n) is 11.4. The zero-order chi connectivity index (χ0) is 50.0. The van der Waals surface area contributed by atoms with Gasteiger partial charge in [0.2, 0.25) is 0 Å². The van der Waals surface area contributed by atoms with Gasteiger partial charge in [-0.05, 0) is 128 Å². The van der Waals surface area contributed by atoms with Crippen LogP contribution in [0.25, 0.3) is 0 Å². The minimum Gasteiger partial charge on any atom is -0.462 e. The fourth-order valence-electron chi connectivity index (χ4n) is 7.28. The Labute approximate surface area is 424 Å². The first-order valence-electron chi connectivity index (χ1n) is 28.0. The monoisotopic (exact) mass is 955 g/mol.